The summed E-state index contributed by atoms with van der Waals surface area (Å²) >= 11 is 0. The van der Waals surface area contributed by atoms with Gasteiger partial charge < -0.3 is 14.7 Å². The van der Waals surface area contributed by atoms with Crippen molar-refractivity contribution in [2.24, 2.45) is 11.8 Å². The first-order valence-corrected chi connectivity index (χ1v) is 9.60. The van der Waals surface area contributed by atoms with Gasteiger partial charge in [-0.05, 0) is 75.3 Å². The summed E-state index contributed by atoms with van der Waals surface area (Å²) in [4.78, 5) is 2.49. The minimum atomic E-state index is -4.31. The van der Waals surface area contributed by atoms with E-state index in [0.29, 0.717) is 24.2 Å². The van der Waals surface area contributed by atoms with Gasteiger partial charge in [0.2, 0.25) is 0 Å². The van der Waals surface area contributed by atoms with Crippen LogP contribution < -0.4 is 4.74 Å². The molecule has 1 saturated carbocycles. The van der Waals surface area contributed by atoms with Crippen LogP contribution in [0.3, 0.4) is 0 Å². The Bertz CT molecular complexity index is 553. The molecular weight excluding hydrogens is 343 g/mol. The molecule has 2 fully saturated rings. The smallest absolute Gasteiger partial charge is 0.416 e. The molecule has 1 atom stereocenters. The summed E-state index contributed by atoms with van der Waals surface area (Å²) < 4.78 is 43.5. The van der Waals surface area contributed by atoms with Crippen molar-refractivity contribution in [3.63, 3.8) is 0 Å². The fraction of sp³-hybridized carbons (Fsp3) is 0.700. The maximum Gasteiger partial charge on any atom is 0.416 e. The minimum Gasteiger partial charge on any atom is -0.493 e. The van der Waals surface area contributed by atoms with Crippen LogP contribution in [0.15, 0.2) is 24.3 Å². The van der Waals surface area contributed by atoms with E-state index in [0.717, 1.165) is 70.3 Å². The van der Waals surface area contributed by atoms with Crippen molar-refractivity contribution >= 4 is 0 Å². The zero-order valence-electron chi connectivity index (χ0n) is 15.0. The van der Waals surface area contributed by atoms with Crippen molar-refractivity contribution in [3.05, 3.63) is 29.8 Å². The largest absolute Gasteiger partial charge is 0.493 e. The van der Waals surface area contributed by atoms with Gasteiger partial charge in [0, 0.05) is 19.0 Å². The number of ether oxygens (including phenoxy) is 1. The van der Waals surface area contributed by atoms with Gasteiger partial charge in [-0.1, -0.05) is 0 Å². The molecule has 1 aliphatic carbocycles. The molecule has 0 spiro atoms. The molecule has 1 aromatic rings. The highest BCUT2D eigenvalue weighted by Gasteiger charge is 2.30. The topological polar surface area (TPSA) is 32.7 Å². The van der Waals surface area contributed by atoms with E-state index in [2.05, 4.69) is 4.90 Å². The van der Waals surface area contributed by atoms with E-state index >= 15 is 0 Å². The van der Waals surface area contributed by atoms with Crippen LogP contribution in [0.25, 0.3) is 0 Å². The van der Waals surface area contributed by atoms with Gasteiger partial charge in [0.25, 0.3) is 0 Å². The number of hydrogen-bond donors (Lipinski definition) is 1. The maximum absolute atomic E-state index is 12.6. The van der Waals surface area contributed by atoms with Crippen LogP contribution in [0, 0.1) is 11.8 Å². The predicted molar refractivity (Wildman–Crippen MR) is 94.1 cm³/mol. The minimum absolute atomic E-state index is 0.113. The van der Waals surface area contributed by atoms with Crippen LogP contribution in [-0.4, -0.2) is 42.4 Å². The maximum atomic E-state index is 12.6. The molecule has 1 N–H and O–H groups in total. The van der Waals surface area contributed by atoms with Crippen LogP contribution in [0.1, 0.15) is 44.1 Å². The van der Waals surface area contributed by atoms with Gasteiger partial charge in [0.15, 0.2) is 0 Å². The number of benzene rings is 1. The first-order chi connectivity index (χ1) is 12.4. The lowest BCUT2D eigenvalue weighted by molar-refractivity contribution is -0.137. The molecule has 0 radical (unpaired) electrons. The number of alkyl halides is 3. The molecule has 2 aliphatic rings. The number of aliphatic hydroxyl groups excluding tert-OH is 1. The summed E-state index contributed by atoms with van der Waals surface area (Å²) in [6.45, 7) is 3.73. The van der Waals surface area contributed by atoms with Crippen molar-refractivity contribution in [3.8, 4) is 5.75 Å². The van der Waals surface area contributed by atoms with Crippen LogP contribution in [0.5, 0.6) is 5.75 Å². The molecule has 1 unspecified atom stereocenters. The number of halogens is 3. The third kappa shape index (κ3) is 5.61. The molecular formula is C20H28F3NO2. The van der Waals surface area contributed by atoms with Crippen molar-refractivity contribution in [2.75, 3.05) is 26.2 Å². The van der Waals surface area contributed by atoms with Crippen LogP contribution in [-0.2, 0) is 6.18 Å². The van der Waals surface area contributed by atoms with E-state index in [-0.39, 0.29) is 6.10 Å². The molecule has 3 rings (SSSR count). The summed E-state index contributed by atoms with van der Waals surface area (Å²) in [5.74, 6) is 1.59. The fourth-order valence-corrected chi connectivity index (χ4v) is 4.10. The van der Waals surface area contributed by atoms with E-state index in [9.17, 15) is 18.3 Å². The molecule has 1 heterocycles. The third-order valence-electron chi connectivity index (χ3n) is 5.60. The fourth-order valence-electron chi connectivity index (χ4n) is 4.10. The van der Waals surface area contributed by atoms with Gasteiger partial charge in [-0.3, -0.25) is 0 Å². The highest BCUT2D eigenvalue weighted by atomic mass is 19.4. The first-order valence-electron chi connectivity index (χ1n) is 9.60. The molecule has 0 amide bonds. The lowest BCUT2D eigenvalue weighted by Gasteiger charge is -2.36. The Morgan fingerprint density at radius 3 is 2.35 bits per heavy atom. The standard InChI is InChI=1S/C20H28F3NO2/c21-20(22,23)17-5-9-19(10-6-17)26-14-16-2-1-11-24(13-16)12-15-3-7-18(25)8-4-15/h5-6,9-10,15-16,18,25H,1-4,7-8,11-14H2. The highest BCUT2D eigenvalue weighted by molar-refractivity contribution is 5.28. The van der Waals surface area contributed by atoms with Gasteiger partial charge in [-0.15, -0.1) is 0 Å². The van der Waals surface area contributed by atoms with Gasteiger partial charge >= 0.3 is 6.18 Å². The summed E-state index contributed by atoms with van der Waals surface area (Å²) in [5.41, 5.74) is -0.647. The number of hydrogen-bond acceptors (Lipinski definition) is 3. The Kier molecular flexibility index (Phi) is 6.46. The molecule has 6 heteroatoms. The number of rotatable bonds is 5. The van der Waals surface area contributed by atoms with Crippen molar-refractivity contribution in [1.82, 2.24) is 4.90 Å². The van der Waals surface area contributed by atoms with Crippen LogP contribution >= 0.6 is 0 Å². The Balaban J connectivity index is 1.43. The Morgan fingerprint density at radius 2 is 1.69 bits per heavy atom. The molecule has 1 aromatic carbocycles. The summed E-state index contributed by atoms with van der Waals surface area (Å²) in [7, 11) is 0. The number of piperidine rings is 1. The summed E-state index contributed by atoms with van der Waals surface area (Å²) in [5, 5.41) is 9.62. The second-order valence-corrected chi connectivity index (χ2v) is 7.78. The second kappa shape index (κ2) is 8.61. The van der Waals surface area contributed by atoms with Crippen LogP contribution in [0.4, 0.5) is 13.2 Å². The lowest BCUT2D eigenvalue weighted by Crippen LogP contribution is -2.41. The number of nitrogens with zero attached hydrogens (tertiary/aromatic N) is 1. The Labute approximate surface area is 153 Å². The number of aliphatic hydroxyl groups is 1. The molecule has 1 saturated heterocycles. The molecule has 26 heavy (non-hydrogen) atoms. The second-order valence-electron chi connectivity index (χ2n) is 7.78. The molecule has 0 bridgehead atoms. The van der Waals surface area contributed by atoms with E-state index < -0.39 is 11.7 Å². The molecule has 0 aromatic heterocycles. The summed E-state index contributed by atoms with van der Waals surface area (Å²) in [6, 6.07) is 4.94. The monoisotopic (exact) mass is 371 g/mol. The quantitative estimate of drug-likeness (QED) is 0.835. The Morgan fingerprint density at radius 1 is 1.00 bits per heavy atom. The van der Waals surface area contributed by atoms with E-state index in [1.165, 1.54) is 12.1 Å². The number of likely N-dealkylation sites (tertiary alicyclic amines) is 1. The van der Waals surface area contributed by atoms with Crippen molar-refractivity contribution in [2.45, 2.75) is 50.8 Å². The van der Waals surface area contributed by atoms with E-state index in [1.54, 1.807) is 0 Å². The predicted octanol–water partition coefficient (Wildman–Crippen LogP) is 4.35. The van der Waals surface area contributed by atoms with E-state index in [1.807, 2.05) is 0 Å². The molecule has 146 valence electrons. The van der Waals surface area contributed by atoms with Gasteiger partial charge in [-0.2, -0.15) is 13.2 Å². The van der Waals surface area contributed by atoms with Gasteiger partial charge in [0.05, 0.1) is 18.3 Å². The molecule has 3 nitrogen and oxygen atoms in total. The average Bonchev–Trinajstić information content (AvgIpc) is 2.62. The zero-order valence-corrected chi connectivity index (χ0v) is 15.0. The van der Waals surface area contributed by atoms with Gasteiger partial charge in [-0.25, -0.2) is 0 Å². The van der Waals surface area contributed by atoms with Crippen LogP contribution in [0.2, 0.25) is 0 Å². The zero-order chi connectivity index (χ0) is 18.6. The highest BCUT2D eigenvalue weighted by Crippen LogP contribution is 2.31. The average molecular weight is 371 g/mol. The lowest BCUT2D eigenvalue weighted by atomic mass is 9.86. The third-order valence-corrected chi connectivity index (χ3v) is 5.60. The summed E-state index contributed by atoms with van der Waals surface area (Å²) in [6.07, 6.45) is 1.85. The molecule has 1 aliphatic heterocycles. The first kappa shape index (κ1) is 19.5. The Hall–Kier alpha value is -1.27. The van der Waals surface area contributed by atoms with E-state index in [4.69, 9.17) is 4.74 Å². The van der Waals surface area contributed by atoms with Crippen molar-refractivity contribution < 1.29 is 23.0 Å². The SMILES string of the molecule is OC1CCC(CN2CCCC(COc3ccc(C(F)(F)F)cc3)C2)CC1. The van der Waals surface area contributed by atoms with Gasteiger partial charge in [0.1, 0.15) is 5.75 Å². The normalized spacial score (nSPS) is 28.1. The van der Waals surface area contributed by atoms with Crippen molar-refractivity contribution in [1.29, 1.82) is 0 Å².